The van der Waals surface area contributed by atoms with Gasteiger partial charge in [0.2, 0.25) is 11.1 Å². The van der Waals surface area contributed by atoms with E-state index >= 15 is 0 Å². The summed E-state index contributed by atoms with van der Waals surface area (Å²) >= 11 is 2.44. The first-order valence-corrected chi connectivity index (χ1v) is 13.3. The highest BCUT2D eigenvalue weighted by Gasteiger charge is 2.20. The lowest BCUT2D eigenvalue weighted by Crippen LogP contribution is -2.22. The predicted octanol–water partition coefficient (Wildman–Crippen LogP) is 6.36. The molecule has 0 unspecified atom stereocenters. The fourth-order valence-corrected chi connectivity index (χ4v) is 5.05. The molecule has 5 rings (SSSR count). The summed E-state index contributed by atoms with van der Waals surface area (Å²) < 4.78 is 0. The smallest absolute Gasteiger partial charge is 0.270 e. The number of nitrogens with one attached hydrogen (secondary N) is 1. The van der Waals surface area contributed by atoms with Gasteiger partial charge in [0.05, 0.1) is 15.9 Å². The molecule has 5 aromatic rings. The molecule has 0 aliphatic carbocycles. The first-order chi connectivity index (χ1) is 18.5. The number of thioether (sulfide) groups is 1. The highest BCUT2D eigenvalue weighted by molar-refractivity contribution is 8.00. The van der Waals surface area contributed by atoms with Crippen LogP contribution in [0.15, 0.2) is 95.5 Å². The molecule has 0 bridgehead atoms. The van der Waals surface area contributed by atoms with Crippen LogP contribution in [-0.2, 0) is 4.79 Å². The number of rotatable bonds is 8. The van der Waals surface area contributed by atoms with Gasteiger partial charge in [-0.15, -0.1) is 21.5 Å². The van der Waals surface area contributed by atoms with Gasteiger partial charge in [-0.25, -0.2) is 9.97 Å². The zero-order chi connectivity index (χ0) is 26.5. The molecule has 1 N–H and O–H groups in total. The number of nitrogens with zero attached hydrogens (tertiary/aromatic N) is 5. The van der Waals surface area contributed by atoms with E-state index in [9.17, 15) is 14.9 Å². The van der Waals surface area contributed by atoms with Gasteiger partial charge in [0.25, 0.3) is 5.69 Å². The summed E-state index contributed by atoms with van der Waals surface area (Å²) in [5.74, 6) is -0.271. The van der Waals surface area contributed by atoms with Crippen LogP contribution >= 0.6 is 23.1 Å². The Labute approximate surface area is 226 Å². The lowest BCUT2D eigenvalue weighted by atomic mass is 10.0. The van der Waals surface area contributed by atoms with Crippen LogP contribution in [0.2, 0.25) is 0 Å². The molecule has 2 aromatic heterocycles. The minimum atomic E-state index is -0.534. The van der Waals surface area contributed by atoms with Crippen LogP contribution in [0.3, 0.4) is 0 Å². The molecule has 38 heavy (non-hydrogen) atoms. The third kappa shape index (κ3) is 5.74. The Kier molecular flexibility index (Phi) is 7.47. The molecule has 188 valence electrons. The molecular weight excluding hydrogens is 520 g/mol. The van der Waals surface area contributed by atoms with E-state index in [1.165, 1.54) is 35.2 Å². The van der Waals surface area contributed by atoms with E-state index in [-0.39, 0.29) is 11.6 Å². The number of non-ortho nitro benzene ring substituents is 1. The molecule has 2 heterocycles. The number of benzene rings is 3. The Morgan fingerprint density at radius 2 is 1.55 bits per heavy atom. The molecule has 0 fully saturated rings. The van der Waals surface area contributed by atoms with Gasteiger partial charge < -0.3 is 5.32 Å². The second-order valence-corrected chi connectivity index (χ2v) is 10.3. The fourth-order valence-electron chi connectivity index (χ4n) is 3.61. The highest BCUT2D eigenvalue weighted by atomic mass is 32.2. The van der Waals surface area contributed by atoms with E-state index in [0.717, 1.165) is 11.1 Å². The molecule has 11 heteroatoms. The number of carbonyl (C=O) groups is 1. The minimum Gasteiger partial charge on any atom is -0.301 e. The zero-order valence-electron chi connectivity index (χ0n) is 20.0. The van der Waals surface area contributed by atoms with Crippen LogP contribution < -0.4 is 5.32 Å². The summed E-state index contributed by atoms with van der Waals surface area (Å²) in [4.78, 5) is 32.7. The molecule has 0 aliphatic heterocycles. The molecular formula is C27H20N6O3S2. The Hall–Kier alpha value is -4.48. The lowest BCUT2D eigenvalue weighted by molar-refractivity contribution is -0.384. The predicted molar refractivity (Wildman–Crippen MR) is 149 cm³/mol. The molecule has 1 amide bonds. The standard InChI is InChI=1S/C27H20N6O3S2/c1-17(25(34)30-26-28-22(16-37-26)20-13-8-14-21(15-20)33(35)36)38-27-29-23(18-9-4-2-5-10-18)24(31-32-27)19-11-6-3-7-12-19/h2-17H,1H3,(H,28,30,34)/t17-/m1/s1. The van der Waals surface area contributed by atoms with Crippen molar-refractivity contribution in [2.45, 2.75) is 17.3 Å². The van der Waals surface area contributed by atoms with Crippen LogP contribution in [-0.4, -0.2) is 36.2 Å². The average molecular weight is 541 g/mol. The normalized spacial score (nSPS) is 11.6. The average Bonchev–Trinajstić information content (AvgIpc) is 3.42. The molecule has 0 radical (unpaired) electrons. The molecule has 0 spiro atoms. The summed E-state index contributed by atoms with van der Waals surface area (Å²) in [7, 11) is 0. The second kappa shape index (κ2) is 11.3. The SMILES string of the molecule is C[C@@H](Sc1nnc(-c2ccccc2)c(-c2ccccc2)n1)C(=O)Nc1nc(-c2cccc([N+](=O)[O-])c2)cs1. The van der Waals surface area contributed by atoms with Crippen LogP contribution in [0.4, 0.5) is 10.8 Å². The van der Waals surface area contributed by atoms with Crippen molar-refractivity contribution >= 4 is 39.8 Å². The number of aromatic nitrogens is 4. The topological polar surface area (TPSA) is 124 Å². The molecule has 0 aliphatic rings. The van der Waals surface area contributed by atoms with E-state index in [1.54, 1.807) is 24.4 Å². The van der Waals surface area contributed by atoms with E-state index in [4.69, 9.17) is 4.98 Å². The van der Waals surface area contributed by atoms with E-state index in [0.29, 0.717) is 32.9 Å². The van der Waals surface area contributed by atoms with Gasteiger partial charge in [0.1, 0.15) is 11.4 Å². The lowest BCUT2D eigenvalue weighted by Gasteiger charge is -2.12. The van der Waals surface area contributed by atoms with Crippen molar-refractivity contribution in [2.75, 3.05) is 5.32 Å². The summed E-state index contributed by atoms with van der Waals surface area (Å²) in [5.41, 5.74) is 4.27. The monoisotopic (exact) mass is 540 g/mol. The molecule has 3 aromatic carbocycles. The van der Waals surface area contributed by atoms with Crippen molar-refractivity contribution in [3.05, 3.63) is 100 Å². The number of amides is 1. The van der Waals surface area contributed by atoms with Gasteiger partial charge in [-0.3, -0.25) is 14.9 Å². The van der Waals surface area contributed by atoms with Crippen LogP contribution in [0, 0.1) is 10.1 Å². The van der Waals surface area contributed by atoms with Crippen molar-refractivity contribution in [1.82, 2.24) is 20.2 Å². The fraction of sp³-hybridized carbons (Fsp3) is 0.0741. The number of thiazole rings is 1. The van der Waals surface area contributed by atoms with Gasteiger partial charge in [-0.05, 0) is 6.92 Å². The van der Waals surface area contributed by atoms with Gasteiger partial charge in [0, 0.05) is 34.2 Å². The van der Waals surface area contributed by atoms with Gasteiger partial charge >= 0.3 is 0 Å². The number of hydrogen-bond donors (Lipinski definition) is 1. The minimum absolute atomic E-state index is 0.0205. The zero-order valence-corrected chi connectivity index (χ0v) is 21.6. The van der Waals surface area contributed by atoms with Crippen molar-refractivity contribution in [3.8, 4) is 33.8 Å². The molecule has 0 saturated heterocycles. The maximum Gasteiger partial charge on any atom is 0.270 e. The number of nitro benzene ring substituents is 1. The Morgan fingerprint density at radius 3 is 2.24 bits per heavy atom. The van der Waals surface area contributed by atoms with Gasteiger partial charge in [-0.2, -0.15) is 0 Å². The Bertz CT molecular complexity index is 1600. The molecule has 9 nitrogen and oxygen atoms in total. The van der Waals surface area contributed by atoms with E-state index in [1.807, 2.05) is 60.7 Å². The second-order valence-electron chi connectivity index (χ2n) is 8.12. The summed E-state index contributed by atoms with van der Waals surface area (Å²) in [5, 5.41) is 24.6. The van der Waals surface area contributed by atoms with Gasteiger partial charge in [-0.1, -0.05) is 84.6 Å². The quantitative estimate of drug-likeness (QED) is 0.137. The largest absolute Gasteiger partial charge is 0.301 e. The number of anilines is 1. The first-order valence-electron chi connectivity index (χ1n) is 11.5. The summed E-state index contributed by atoms with van der Waals surface area (Å²) in [6.07, 6.45) is 0. The van der Waals surface area contributed by atoms with Crippen LogP contribution in [0.25, 0.3) is 33.8 Å². The number of hydrogen-bond acceptors (Lipinski definition) is 9. The molecule has 1 atom stereocenters. The Balaban J connectivity index is 1.32. The third-order valence-corrected chi connectivity index (χ3v) is 7.21. The van der Waals surface area contributed by atoms with E-state index < -0.39 is 10.2 Å². The van der Waals surface area contributed by atoms with Gasteiger partial charge in [0.15, 0.2) is 5.13 Å². The number of carbonyl (C=O) groups excluding carboxylic acids is 1. The van der Waals surface area contributed by atoms with Crippen molar-refractivity contribution in [1.29, 1.82) is 0 Å². The molecule has 0 saturated carbocycles. The van der Waals surface area contributed by atoms with Crippen molar-refractivity contribution in [3.63, 3.8) is 0 Å². The maximum absolute atomic E-state index is 12.9. The third-order valence-electron chi connectivity index (χ3n) is 5.50. The van der Waals surface area contributed by atoms with Crippen LogP contribution in [0.1, 0.15) is 6.92 Å². The van der Waals surface area contributed by atoms with E-state index in [2.05, 4.69) is 20.5 Å². The van der Waals surface area contributed by atoms with Crippen LogP contribution in [0.5, 0.6) is 0 Å². The number of nitro groups is 1. The Morgan fingerprint density at radius 1 is 0.895 bits per heavy atom. The highest BCUT2D eigenvalue weighted by Crippen LogP contribution is 2.31. The van der Waals surface area contributed by atoms with Crippen molar-refractivity contribution in [2.24, 2.45) is 0 Å². The summed E-state index contributed by atoms with van der Waals surface area (Å²) in [6, 6.07) is 25.7. The van der Waals surface area contributed by atoms with Crippen molar-refractivity contribution < 1.29 is 9.72 Å². The maximum atomic E-state index is 12.9. The first kappa shape index (κ1) is 25.2. The summed E-state index contributed by atoms with van der Waals surface area (Å²) in [6.45, 7) is 1.76.